The van der Waals surface area contributed by atoms with E-state index in [4.69, 9.17) is 0 Å². The summed E-state index contributed by atoms with van der Waals surface area (Å²) in [5.41, 5.74) is 0. The van der Waals surface area contributed by atoms with E-state index < -0.39 is 0 Å². The number of hydrogen-bond donors (Lipinski definition) is 0. The van der Waals surface area contributed by atoms with E-state index in [1.165, 1.54) is 11.5 Å². The van der Waals surface area contributed by atoms with Crippen molar-refractivity contribution in [1.82, 2.24) is 9.97 Å². The zero-order chi connectivity index (χ0) is 8.23. The van der Waals surface area contributed by atoms with Gasteiger partial charge in [-0.2, -0.15) is 11.8 Å². The van der Waals surface area contributed by atoms with Crippen LogP contribution in [-0.2, 0) is 0 Å². The molecule has 0 aliphatic carbocycles. The molecule has 4 heteroatoms. The minimum absolute atomic E-state index is 0.817. The van der Waals surface area contributed by atoms with Gasteiger partial charge < -0.3 is 4.90 Å². The van der Waals surface area contributed by atoms with Crippen molar-refractivity contribution in [3.8, 4) is 0 Å². The summed E-state index contributed by atoms with van der Waals surface area (Å²) in [5.74, 6) is 3.18. The quantitative estimate of drug-likeness (QED) is 0.640. The van der Waals surface area contributed by atoms with Crippen LogP contribution in [0.3, 0.4) is 0 Å². The summed E-state index contributed by atoms with van der Waals surface area (Å²) >= 11 is 1.99. The number of thioether (sulfide) groups is 1. The molecular weight excluding hydrogens is 170 g/mol. The Kier molecular flexibility index (Phi) is 2.46. The molecule has 0 aromatic carbocycles. The molecule has 1 fully saturated rings. The molecule has 0 spiro atoms. The molecule has 0 saturated carbocycles. The molecule has 63 valence electrons. The lowest BCUT2D eigenvalue weighted by atomic mass is 10.5. The molecule has 2 heterocycles. The van der Waals surface area contributed by atoms with Crippen LogP contribution in [-0.4, -0.2) is 34.6 Å². The monoisotopic (exact) mass is 180 g/mol. The van der Waals surface area contributed by atoms with Crippen LogP contribution in [0.2, 0.25) is 0 Å². The SMILES string of the molecule is [c]1ccnc(N2CCSCC2)n1. The molecule has 1 aliphatic rings. The average Bonchev–Trinajstić information content (AvgIpc) is 2.21. The summed E-state index contributed by atoms with van der Waals surface area (Å²) in [4.78, 5) is 10.5. The fraction of sp³-hybridized carbons (Fsp3) is 0.500. The summed E-state index contributed by atoms with van der Waals surface area (Å²) in [6.07, 6.45) is 4.54. The largest absolute Gasteiger partial charge is 0.339 e. The Bertz CT molecular complexity index is 233. The third-order valence-corrected chi connectivity index (χ3v) is 2.74. The molecule has 1 aromatic heterocycles. The van der Waals surface area contributed by atoms with Gasteiger partial charge in [-0.25, -0.2) is 9.97 Å². The molecule has 0 unspecified atom stereocenters. The van der Waals surface area contributed by atoms with E-state index in [1.807, 2.05) is 11.8 Å². The van der Waals surface area contributed by atoms with Gasteiger partial charge >= 0.3 is 0 Å². The lowest BCUT2D eigenvalue weighted by Gasteiger charge is -2.25. The van der Waals surface area contributed by atoms with Gasteiger partial charge in [-0.1, -0.05) is 0 Å². The molecule has 2 rings (SSSR count). The summed E-state index contributed by atoms with van der Waals surface area (Å²) in [7, 11) is 0. The Morgan fingerprint density at radius 2 is 2.25 bits per heavy atom. The van der Waals surface area contributed by atoms with Crippen LogP contribution in [0, 0.1) is 6.20 Å². The molecule has 1 radical (unpaired) electrons. The van der Waals surface area contributed by atoms with Crippen LogP contribution >= 0.6 is 11.8 Å². The fourth-order valence-corrected chi connectivity index (χ4v) is 2.08. The van der Waals surface area contributed by atoms with Gasteiger partial charge in [-0.05, 0) is 6.07 Å². The van der Waals surface area contributed by atoms with E-state index in [0.29, 0.717) is 0 Å². The number of rotatable bonds is 1. The van der Waals surface area contributed by atoms with Crippen molar-refractivity contribution in [2.75, 3.05) is 29.5 Å². The Morgan fingerprint density at radius 1 is 1.42 bits per heavy atom. The van der Waals surface area contributed by atoms with Crippen molar-refractivity contribution in [1.29, 1.82) is 0 Å². The van der Waals surface area contributed by atoms with Crippen LogP contribution in [0.4, 0.5) is 5.95 Å². The van der Waals surface area contributed by atoms with Crippen molar-refractivity contribution >= 4 is 17.7 Å². The lowest BCUT2D eigenvalue weighted by Crippen LogP contribution is -2.33. The van der Waals surface area contributed by atoms with Crippen LogP contribution in [0.1, 0.15) is 0 Å². The van der Waals surface area contributed by atoms with Gasteiger partial charge in [0, 0.05) is 30.8 Å². The molecular formula is C8H10N3S. The van der Waals surface area contributed by atoms with E-state index >= 15 is 0 Å². The van der Waals surface area contributed by atoms with Gasteiger partial charge in [0.2, 0.25) is 5.95 Å². The van der Waals surface area contributed by atoms with E-state index in [2.05, 4.69) is 21.1 Å². The van der Waals surface area contributed by atoms with Crippen molar-refractivity contribution in [2.24, 2.45) is 0 Å². The Hall–Kier alpha value is -0.770. The Labute approximate surface area is 76.2 Å². The topological polar surface area (TPSA) is 29.0 Å². The number of hydrogen-bond acceptors (Lipinski definition) is 4. The van der Waals surface area contributed by atoms with E-state index in [0.717, 1.165) is 19.0 Å². The summed E-state index contributed by atoms with van der Waals surface area (Å²) < 4.78 is 0. The first-order chi connectivity index (χ1) is 5.97. The molecule has 1 aromatic rings. The predicted octanol–water partition coefficient (Wildman–Crippen LogP) is 0.830. The van der Waals surface area contributed by atoms with Crippen LogP contribution in [0.5, 0.6) is 0 Å². The second-order valence-electron chi connectivity index (χ2n) is 2.59. The van der Waals surface area contributed by atoms with Crippen LogP contribution in [0.25, 0.3) is 0 Å². The molecule has 0 atom stereocenters. The van der Waals surface area contributed by atoms with E-state index in [1.54, 1.807) is 12.3 Å². The summed E-state index contributed by atoms with van der Waals surface area (Å²) in [5, 5.41) is 0. The van der Waals surface area contributed by atoms with Gasteiger partial charge in [0.25, 0.3) is 0 Å². The molecule has 0 N–H and O–H groups in total. The number of nitrogens with zero attached hydrogens (tertiary/aromatic N) is 3. The Balaban J connectivity index is 2.08. The van der Waals surface area contributed by atoms with Crippen molar-refractivity contribution in [2.45, 2.75) is 0 Å². The number of anilines is 1. The Morgan fingerprint density at radius 3 is 2.92 bits per heavy atom. The second-order valence-corrected chi connectivity index (χ2v) is 3.81. The molecule has 1 saturated heterocycles. The van der Waals surface area contributed by atoms with E-state index in [9.17, 15) is 0 Å². The van der Waals surface area contributed by atoms with Gasteiger partial charge in [0.05, 0.1) is 6.20 Å². The minimum Gasteiger partial charge on any atom is -0.339 e. The maximum atomic E-state index is 4.18. The highest BCUT2D eigenvalue weighted by Crippen LogP contribution is 2.13. The fourth-order valence-electron chi connectivity index (χ4n) is 1.18. The van der Waals surface area contributed by atoms with Gasteiger partial charge in [-0.15, -0.1) is 0 Å². The second kappa shape index (κ2) is 3.76. The van der Waals surface area contributed by atoms with Crippen LogP contribution in [0.15, 0.2) is 12.3 Å². The standard InChI is InChI=1S/C8H10N3S/c1-2-9-8(10-3-1)11-4-6-12-7-5-11/h1-2H,4-7H2. The highest BCUT2D eigenvalue weighted by Gasteiger charge is 2.12. The molecule has 0 amide bonds. The maximum Gasteiger partial charge on any atom is 0.225 e. The van der Waals surface area contributed by atoms with Gasteiger partial charge in [-0.3, -0.25) is 0 Å². The van der Waals surface area contributed by atoms with E-state index in [-0.39, 0.29) is 0 Å². The molecule has 1 aliphatic heterocycles. The first-order valence-corrected chi connectivity index (χ1v) is 5.14. The molecule has 3 nitrogen and oxygen atoms in total. The lowest BCUT2D eigenvalue weighted by molar-refractivity contribution is 0.814. The van der Waals surface area contributed by atoms with Crippen LogP contribution < -0.4 is 4.90 Å². The predicted molar refractivity (Wildman–Crippen MR) is 50.4 cm³/mol. The van der Waals surface area contributed by atoms with Crippen molar-refractivity contribution in [3.63, 3.8) is 0 Å². The normalized spacial score (nSPS) is 17.8. The van der Waals surface area contributed by atoms with Gasteiger partial charge in [0.1, 0.15) is 0 Å². The maximum absolute atomic E-state index is 4.18. The third kappa shape index (κ3) is 1.69. The summed E-state index contributed by atoms with van der Waals surface area (Å²) in [6, 6.07) is 1.72. The first kappa shape index (κ1) is 7.86. The average molecular weight is 180 g/mol. The highest BCUT2D eigenvalue weighted by molar-refractivity contribution is 7.99. The third-order valence-electron chi connectivity index (χ3n) is 1.80. The molecule has 0 bridgehead atoms. The number of aromatic nitrogens is 2. The summed E-state index contributed by atoms with van der Waals surface area (Å²) in [6.45, 7) is 2.12. The smallest absolute Gasteiger partial charge is 0.225 e. The van der Waals surface area contributed by atoms with Crippen molar-refractivity contribution < 1.29 is 0 Å². The van der Waals surface area contributed by atoms with Gasteiger partial charge in [0.15, 0.2) is 0 Å². The highest BCUT2D eigenvalue weighted by atomic mass is 32.2. The zero-order valence-electron chi connectivity index (χ0n) is 6.73. The zero-order valence-corrected chi connectivity index (χ0v) is 7.55. The first-order valence-electron chi connectivity index (χ1n) is 3.98. The van der Waals surface area contributed by atoms with Crippen molar-refractivity contribution in [3.05, 3.63) is 18.5 Å². The molecule has 12 heavy (non-hydrogen) atoms. The minimum atomic E-state index is 0.817.